The van der Waals surface area contributed by atoms with Crippen LogP contribution in [0.5, 0.6) is 5.75 Å². The van der Waals surface area contributed by atoms with Gasteiger partial charge in [0, 0.05) is 17.7 Å². The zero-order valence-electron chi connectivity index (χ0n) is 16.4. The first kappa shape index (κ1) is 21.2. The lowest BCUT2D eigenvalue weighted by Gasteiger charge is -2.13. The van der Waals surface area contributed by atoms with E-state index >= 15 is 0 Å². The molecule has 28 heavy (non-hydrogen) atoms. The Balaban J connectivity index is 1.79. The highest BCUT2D eigenvalue weighted by molar-refractivity contribution is 5.98. The van der Waals surface area contributed by atoms with Crippen molar-refractivity contribution in [1.82, 2.24) is 0 Å². The molecular formula is C22H25NO5. The summed E-state index contributed by atoms with van der Waals surface area (Å²) in [6.45, 7) is 5.85. The Morgan fingerprint density at radius 3 is 2.39 bits per heavy atom. The second-order valence-electron chi connectivity index (χ2n) is 6.37. The van der Waals surface area contributed by atoms with Crippen molar-refractivity contribution in [3.63, 3.8) is 0 Å². The van der Waals surface area contributed by atoms with Crippen molar-refractivity contribution in [2.45, 2.75) is 39.7 Å². The Hall–Kier alpha value is -3.15. The molecule has 0 aliphatic heterocycles. The molecule has 6 heteroatoms. The van der Waals surface area contributed by atoms with Gasteiger partial charge in [0.15, 0.2) is 11.9 Å². The average Bonchev–Trinajstić information content (AvgIpc) is 2.67. The third-order valence-electron chi connectivity index (χ3n) is 4.01. The van der Waals surface area contributed by atoms with Gasteiger partial charge in [-0.05, 0) is 62.7 Å². The van der Waals surface area contributed by atoms with Gasteiger partial charge in [-0.1, -0.05) is 12.1 Å². The maximum absolute atomic E-state index is 12.2. The lowest BCUT2D eigenvalue weighted by molar-refractivity contribution is -0.153. The highest BCUT2D eigenvalue weighted by atomic mass is 16.5. The largest absolute Gasteiger partial charge is 0.494 e. The Bertz CT molecular complexity index is 829. The van der Waals surface area contributed by atoms with Crippen LogP contribution in [-0.4, -0.2) is 30.4 Å². The summed E-state index contributed by atoms with van der Waals surface area (Å²) < 4.78 is 10.5. The molecule has 0 aromatic heterocycles. The van der Waals surface area contributed by atoms with E-state index in [-0.39, 0.29) is 18.6 Å². The maximum Gasteiger partial charge on any atom is 0.307 e. The van der Waals surface area contributed by atoms with Crippen LogP contribution in [0.25, 0.3) is 0 Å². The minimum Gasteiger partial charge on any atom is -0.494 e. The topological polar surface area (TPSA) is 81.7 Å². The number of Topliss-reactive ketones (excluding diaryl/α,β-unsaturated/α-hetero) is 1. The van der Waals surface area contributed by atoms with Crippen molar-refractivity contribution in [3.05, 3.63) is 59.7 Å². The summed E-state index contributed by atoms with van der Waals surface area (Å²) in [5, 5.41) is 2.70. The van der Waals surface area contributed by atoms with Crippen LogP contribution in [-0.2, 0) is 14.3 Å². The number of hydrogen-bond acceptors (Lipinski definition) is 5. The Morgan fingerprint density at radius 1 is 1.04 bits per heavy atom. The Labute approximate surface area is 164 Å². The van der Waals surface area contributed by atoms with E-state index in [1.807, 2.05) is 32.0 Å². The summed E-state index contributed by atoms with van der Waals surface area (Å²) >= 11 is 0. The molecule has 0 aliphatic carbocycles. The first-order chi connectivity index (χ1) is 13.4. The molecule has 0 bridgehead atoms. The monoisotopic (exact) mass is 383 g/mol. The standard InChI is InChI=1S/C22H25NO5/c1-4-27-19-10-8-17(9-11-19)20(24)12-13-21(25)28-16(3)22(26)23-18-7-5-6-15(2)14-18/h5-11,14,16H,4,12-13H2,1-3H3,(H,23,26). The molecular weight excluding hydrogens is 358 g/mol. The molecule has 0 aliphatic rings. The van der Waals surface area contributed by atoms with Crippen molar-refractivity contribution >= 4 is 23.3 Å². The van der Waals surface area contributed by atoms with E-state index in [1.54, 1.807) is 30.3 Å². The number of benzene rings is 2. The van der Waals surface area contributed by atoms with Crippen LogP contribution >= 0.6 is 0 Å². The van der Waals surface area contributed by atoms with Crippen molar-refractivity contribution in [2.75, 3.05) is 11.9 Å². The maximum atomic E-state index is 12.2. The predicted octanol–water partition coefficient (Wildman–Crippen LogP) is 3.93. The number of nitrogens with one attached hydrogen (secondary N) is 1. The lowest BCUT2D eigenvalue weighted by Crippen LogP contribution is -2.30. The van der Waals surface area contributed by atoms with Gasteiger partial charge < -0.3 is 14.8 Å². The summed E-state index contributed by atoms with van der Waals surface area (Å²) in [6.07, 6.45) is -1.03. The van der Waals surface area contributed by atoms with Gasteiger partial charge in [0.2, 0.25) is 0 Å². The molecule has 6 nitrogen and oxygen atoms in total. The molecule has 1 unspecified atom stereocenters. The average molecular weight is 383 g/mol. The third kappa shape index (κ3) is 6.54. The van der Waals surface area contributed by atoms with Gasteiger partial charge in [-0.15, -0.1) is 0 Å². The van der Waals surface area contributed by atoms with Gasteiger partial charge in [-0.3, -0.25) is 14.4 Å². The number of anilines is 1. The fourth-order valence-corrected chi connectivity index (χ4v) is 2.54. The lowest BCUT2D eigenvalue weighted by atomic mass is 10.1. The van der Waals surface area contributed by atoms with Crippen molar-refractivity contribution in [2.24, 2.45) is 0 Å². The van der Waals surface area contributed by atoms with E-state index in [0.717, 1.165) is 5.56 Å². The highest BCUT2D eigenvalue weighted by Gasteiger charge is 2.19. The van der Waals surface area contributed by atoms with Crippen LogP contribution in [0.3, 0.4) is 0 Å². The number of hydrogen-bond donors (Lipinski definition) is 1. The zero-order chi connectivity index (χ0) is 20.5. The minimum atomic E-state index is -0.950. The summed E-state index contributed by atoms with van der Waals surface area (Å²) in [5.74, 6) is -0.494. The normalized spacial score (nSPS) is 11.4. The van der Waals surface area contributed by atoms with E-state index in [4.69, 9.17) is 9.47 Å². The van der Waals surface area contributed by atoms with Crippen LogP contribution in [0.2, 0.25) is 0 Å². The molecule has 0 saturated carbocycles. The number of aryl methyl sites for hydroxylation is 1. The molecule has 2 aromatic carbocycles. The summed E-state index contributed by atoms with van der Waals surface area (Å²) in [7, 11) is 0. The van der Waals surface area contributed by atoms with Crippen LogP contribution in [0, 0.1) is 6.92 Å². The molecule has 2 rings (SSSR count). The van der Waals surface area contributed by atoms with Gasteiger partial charge >= 0.3 is 5.97 Å². The smallest absolute Gasteiger partial charge is 0.307 e. The molecule has 2 aromatic rings. The quantitative estimate of drug-likeness (QED) is 0.524. The number of carbonyl (C=O) groups excluding carboxylic acids is 3. The predicted molar refractivity (Wildman–Crippen MR) is 107 cm³/mol. The van der Waals surface area contributed by atoms with Gasteiger partial charge in [0.1, 0.15) is 5.75 Å². The number of carbonyl (C=O) groups is 3. The van der Waals surface area contributed by atoms with Crippen molar-refractivity contribution in [3.8, 4) is 5.75 Å². The van der Waals surface area contributed by atoms with Crippen molar-refractivity contribution in [1.29, 1.82) is 0 Å². The van der Waals surface area contributed by atoms with Gasteiger partial charge in [-0.25, -0.2) is 0 Å². The molecule has 148 valence electrons. The first-order valence-electron chi connectivity index (χ1n) is 9.22. The molecule has 0 radical (unpaired) electrons. The molecule has 0 heterocycles. The van der Waals surface area contributed by atoms with E-state index in [9.17, 15) is 14.4 Å². The summed E-state index contributed by atoms with van der Waals surface area (Å²) in [5.41, 5.74) is 2.15. The van der Waals surface area contributed by atoms with Gasteiger partial charge in [0.25, 0.3) is 5.91 Å². The first-order valence-corrected chi connectivity index (χ1v) is 9.22. The second-order valence-corrected chi connectivity index (χ2v) is 6.37. The van der Waals surface area contributed by atoms with Gasteiger partial charge in [-0.2, -0.15) is 0 Å². The number of esters is 1. The summed E-state index contributed by atoms with van der Waals surface area (Å²) in [6, 6.07) is 14.1. The Kier molecular flexibility index (Phi) is 7.75. The Morgan fingerprint density at radius 2 is 1.75 bits per heavy atom. The van der Waals surface area contributed by atoms with Crippen LogP contribution in [0.15, 0.2) is 48.5 Å². The molecule has 0 spiro atoms. The molecule has 1 atom stereocenters. The van der Waals surface area contributed by atoms with Crippen LogP contribution in [0.1, 0.15) is 42.6 Å². The second kappa shape index (κ2) is 10.3. The molecule has 0 fully saturated rings. The van der Waals surface area contributed by atoms with E-state index < -0.39 is 18.0 Å². The van der Waals surface area contributed by atoms with Crippen molar-refractivity contribution < 1.29 is 23.9 Å². The van der Waals surface area contributed by atoms with Crippen LogP contribution in [0.4, 0.5) is 5.69 Å². The number of ketones is 1. The van der Waals surface area contributed by atoms with E-state index in [2.05, 4.69) is 5.32 Å². The van der Waals surface area contributed by atoms with E-state index in [1.165, 1.54) is 6.92 Å². The minimum absolute atomic E-state index is 0.0129. The van der Waals surface area contributed by atoms with Gasteiger partial charge in [0.05, 0.1) is 13.0 Å². The van der Waals surface area contributed by atoms with E-state index in [0.29, 0.717) is 23.6 Å². The molecule has 1 amide bonds. The number of ether oxygens (including phenoxy) is 2. The molecule has 0 saturated heterocycles. The molecule has 1 N–H and O–H groups in total. The number of rotatable bonds is 9. The fraction of sp³-hybridized carbons (Fsp3) is 0.318. The van der Waals surface area contributed by atoms with Crippen LogP contribution < -0.4 is 10.1 Å². The SMILES string of the molecule is CCOc1ccc(C(=O)CCC(=O)OC(C)C(=O)Nc2cccc(C)c2)cc1. The number of amides is 1. The highest BCUT2D eigenvalue weighted by Crippen LogP contribution is 2.15. The summed E-state index contributed by atoms with van der Waals surface area (Å²) in [4.78, 5) is 36.3. The fourth-order valence-electron chi connectivity index (χ4n) is 2.54. The third-order valence-corrected chi connectivity index (χ3v) is 4.01. The zero-order valence-corrected chi connectivity index (χ0v) is 16.4.